The zero-order valence-corrected chi connectivity index (χ0v) is 8.47. The van der Waals surface area contributed by atoms with Gasteiger partial charge in [-0.3, -0.25) is 15.1 Å². The number of ether oxygens (including phenoxy) is 1. The topological polar surface area (TPSA) is 65.3 Å². The van der Waals surface area contributed by atoms with Gasteiger partial charge in [0.05, 0.1) is 11.0 Å². The summed E-state index contributed by atoms with van der Waals surface area (Å²) in [6.07, 6.45) is 4.16. The fourth-order valence-electron chi connectivity index (χ4n) is 1.26. The average molecular weight is 208 g/mol. The van der Waals surface area contributed by atoms with Crippen LogP contribution in [0.4, 0.5) is 5.69 Å². The molecule has 1 aromatic rings. The Kier molecular flexibility index (Phi) is 2.53. The molecule has 0 saturated heterocycles. The predicted molar refractivity (Wildman–Crippen MR) is 53.9 cm³/mol. The molecule has 1 heterocycles. The lowest BCUT2D eigenvalue weighted by atomic mass is 10.2. The molecule has 15 heavy (non-hydrogen) atoms. The van der Waals surface area contributed by atoms with Crippen LogP contribution in [0.1, 0.15) is 25.5 Å². The van der Waals surface area contributed by atoms with Crippen LogP contribution in [-0.2, 0) is 6.42 Å². The van der Waals surface area contributed by atoms with Crippen molar-refractivity contribution in [1.29, 1.82) is 0 Å². The van der Waals surface area contributed by atoms with Crippen molar-refractivity contribution in [3.63, 3.8) is 0 Å². The maximum absolute atomic E-state index is 10.7. The van der Waals surface area contributed by atoms with E-state index in [9.17, 15) is 10.1 Å². The summed E-state index contributed by atoms with van der Waals surface area (Å²) in [6, 6.07) is 1.66. The van der Waals surface area contributed by atoms with Crippen LogP contribution in [0.25, 0.3) is 0 Å². The molecule has 0 spiro atoms. The Morgan fingerprint density at radius 1 is 1.67 bits per heavy atom. The van der Waals surface area contributed by atoms with Gasteiger partial charge in [-0.05, 0) is 19.3 Å². The smallest absolute Gasteiger partial charge is 0.329 e. The van der Waals surface area contributed by atoms with Crippen molar-refractivity contribution >= 4 is 5.69 Å². The molecule has 0 aromatic carbocycles. The lowest BCUT2D eigenvalue weighted by molar-refractivity contribution is -0.386. The Bertz CT molecular complexity index is 388. The molecule has 0 N–H and O–H groups in total. The summed E-state index contributed by atoms with van der Waals surface area (Å²) >= 11 is 0. The highest BCUT2D eigenvalue weighted by atomic mass is 16.6. The third-order valence-electron chi connectivity index (χ3n) is 2.28. The molecule has 1 aliphatic rings. The number of rotatable bonds is 4. The largest absolute Gasteiger partial charge is 0.483 e. The number of nitrogens with zero attached hydrogens (tertiary/aromatic N) is 2. The molecule has 5 nitrogen and oxygen atoms in total. The molecule has 0 bridgehead atoms. The van der Waals surface area contributed by atoms with E-state index in [0.29, 0.717) is 5.75 Å². The van der Waals surface area contributed by atoms with Gasteiger partial charge in [0.15, 0.2) is 0 Å². The molecule has 0 aliphatic heterocycles. The Morgan fingerprint density at radius 3 is 2.93 bits per heavy atom. The highest BCUT2D eigenvalue weighted by Gasteiger charge is 2.27. The number of hydrogen-bond acceptors (Lipinski definition) is 4. The van der Waals surface area contributed by atoms with Crippen molar-refractivity contribution in [2.75, 3.05) is 0 Å². The van der Waals surface area contributed by atoms with Crippen molar-refractivity contribution < 1.29 is 9.66 Å². The number of nitro groups is 1. The highest BCUT2D eigenvalue weighted by Crippen LogP contribution is 2.33. The van der Waals surface area contributed by atoms with E-state index in [4.69, 9.17) is 4.74 Å². The monoisotopic (exact) mass is 208 g/mol. The Hall–Kier alpha value is -1.65. The zero-order chi connectivity index (χ0) is 10.8. The lowest BCUT2D eigenvalue weighted by Crippen LogP contribution is -2.02. The summed E-state index contributed by atoms with van der Waals surface area (Å²) in [7, 11) is 0. The number of hydrogen-bond donors (Lipinski definition) is 0. The maximum Gasteiger partial charge on any atom is 0.329 e. The van der Waals surface area contributed by atoms with Crippen molar-refractivity contribution in [1.82, 2.24) is 4.98 Å². The number of pyridine rings is 1. The third-order valence-corrected chi connectivity index (χ3v) is 2.28. The second-order valence-electron chi connectivity index (χ2n) is 3.57. The van der Waals surface area contributed by atoms with E-state index in [-0.39, 0.29) is 11.8 Å². The van der Waals surface area contributed by atoms with Crippen LogP contribution in [-0.4, -0.2) is 16.0 Å². The summed E-state index contributed by atoms with van der Waals surface area (Å²) in [4.78, 5) is 14.2. The molecule has 1 fully saturated rings. The molecular weight excluding hydrogens is 196 g/mol. The van der Waals surface area contributed by atoms with Crippen molar-refractivity contribution in [2.24, 2.45) is 0 Å². The molecule has 2 rings (SSSR count). The molecule has 1 saturated carbocycles. The van der Waals surface area contributed by atoms with E-state index in [1.807, 2.05) is 6.92 Å². The predicted octanol–water partition coefficient (Wildman–Crippen LogP) is 2.09. The van der Waals surface area contributed by atoms with E-state index in [0.717, 1.165) is 25.0 Å². The van der Waals surface area contributed by atoms with Gasteiger partial charge >= 0.3 is 5.69 Å². The van der Waals surface area contributed by atoms with Gasteiger partial charge in [-0.15, -0.1) is 0 Å². The molecular formula is C10H12N2O3. The van der Waals surface area contributed by atoms with Gasteiger partial charge in [-0.1, -0.05) is 6.92 Å². The van der Waals surface area contributed by atoms with E-state index in [2.05, 4.69) is 4.98 Å². The Balaban J connectivity index is 2.30. The van der Waals surface area contributed by atoms with E-state index in [1.165, 1.54) is 6.20 Å². The quantitative estimate of drug-likeness (QED) is 0.561. The third kappa shape index (κ3) is 2.23. The lowest BCUT2D eigenvalue weighted by Gasteiger charge is -2.05. The van der Waals surface area contributed by atoms with E-state index >= 15 is 0 Å². The molecule has 0 radical (unpaired) electrons. The molecule has 0 amide bonds. The first kappa shape index (κ1) is 9.89. The van der Waals surface area contributed by atoms with Gasteiger partial charge in [0, 0.05) is 11.8 Å². The zero-order valence-electron chi connectivity index (χ0n) is 8.47. The van der Waals surface area contributed by atoms with Gasteiger partial charge in [-0.25, -0.2) is 0 Å². The molecule has 80 valence electrons. The Morgan fingerprint density at radius 2 is 2.40 bits per heavy atom. The van der Waals surface area contributed by atoms with Crippen molar-refractivity contribution in [3.05, 3.63) is 28.1 Å². The van der Waals surface area contributed by atoms with Crippen LogP contribution in [0.3, 0.4) is 0 Å². The number of aryl methyl sites for hydroxylation is 1. The fourth-order valence-corrected chi connectivity index (χ4v) is 1.26. The normalized spacial score (nSPS) is 15.0. The molecule has 5 heteroatoms. The fraction of sp³-hybridized carbons (Fsp3) is 0.500. The minimum atomic E-state index is -0.454. The second-order valence-corrected chi connectivity index (χ2v) is 3.57. The van der Waals surface area contributed by atoms with Crippen LogP contribution in [0.15, 0.2) is 12.3 Å². The SMILES string of the molecule is CCc1cc(OC2CC2)c([N+](=O)[O-])cn1. The van der Waals surface area contributed by atoms with Gasteiger partial charge in [0.25, 0.3) is 0 Å². The summed E-state index contributed by atoms with van der Waals surface area (Å²) < 4.78 is 5.48. The van der Waals surface area contributed by atoms with Gasteiger partial charge in [0.1, 0.15) is 6.20 Å². The van der Waals surface area contributed by atoms with Crippen LogP contribution in [0.2, 0.25) is 0 Å². The standard InChI is InChI=1S/C10H12N2O3/c1-2-7-5-10(15-8-3-4-8)9(6-11-7)12(13)14/h5-6,8H,2-4H2,1H3. The summed E-state index contributed by atoms with van der Waals surface area (Å²) in [6.45, 7) is 1.95. The minimum Gasteiger partial charge on any atom is -0.483 e. The average Bonchev–Trinajstić information content (AvgIpc) is 3.01. The van der Waals surface area contributed by atoms with Crippen LogP contribution in [0, 0.1) is 10.1 Å². The van der Waals surface area contributed by atoms with Gasteiger partial charge < -0.3 is 4.74 Å². The molecule has 1 aliphatic carbocycles. The first-order valence-electron chi connectivity index (χ1n) is 5.00. The van der Waals surface area contributed by atoms with Crippen LogP contribution < -0.4 is 4.74 Å². The first-order chi connectivity index (χ1) is 7.20. The molecule has 0 atom stereocenters. The van der Waals surface area contributed by atoms with Crippen molar-refractivity contribution in [2.45, 2.75) is 32.3 Å². The molecule has 0 unspecified atom stereocenters. The maximum atomic E-state index is 10.7. The number of aromatic nitrogens is 1. The van der Waals surface area contributed by atoms with Crippen molar-refractivity contribution in [3.8, 4) is 5.75 Å². The van der Waals surface area contributed by atoms with Gasteiger partial charge in [0.2, 0.25) is 5.75 Å². The Labute approximate surface area is 87.2 Å². The molecule has 1 aromatic heterocycles. The van der Waals surface area contributed by atoms with Gasteiger partial charge in [-0.2, -0.15) is 0 Å². The van der Waals surface area contributed by atoms with Crippen LogP contribution >= 0.6 is 0 Å². The second kappa shape index (κ2) is 3.84. The first-order valence-corrected chi connectivity index (χ1v) is 5.00. The van der Waals surface area contributed by atoms with E-state index in [1.54, 1.807) is 6.07 Å². The summed E-state index contributed by atoms with van der Waals surface area (Å²) in [5.41, 5.74) is 0.773. The highest BCUT2D eigenvalue weighted by molar-refractivity contribution is 5.45. The van der Waals surface area contributed by atoms with E-state index < -0.39 is 4.92 Å². The summed E-state index contributed by atoms with van der Waals surface area (Å²) in [5, 5.41) is 10.7. The van der Waals surface area contributed by atoms with Crippen LogP contribution in [0.5, 0.6) is 5.75 Å². The minimum absolute atomic E-state index is 0.0425. The summed E-state index contributed by atoms with van der Waals surface area (Å²) in [5.74, 6) is 0.356.